The Labute approximate surface area is 91.4 Å². The number of nitro groups is 1. The highest BCUT2D eigenvalue weighted by Gasteiger charge is 2.09. The van der Waals surface area contributed by atoms with E-state index in [1.807, 2.05) is 0 Å². The summed E-state index contributed by atoms with van der Waals surface area (Å²) in [7, 11) is 0. The summed E-state index contributed by atoms with van der Waals surface area (Å²) in [5, 5.41) is 42.9. The first-order valence-electron chi connectivity index (χ1n) is 4.35. The van der Waals surface area contributed by atoms with Crippen molar-refractivity contribution in [3.63, 3.8) is 0 Å². The second-order valence-electron chi connectivity index (χ2n) is 2.76. The van der Waals surface area contributed by atoms with Crippen LogP contribution in [0.25, 0.3) is 0 Å². The minimum Gasteiger partial charge on any atom is -0.502 e. The number of aliphatic hydroxyl groups excluding tert-OH is 3. The number of nitrogens with zero attached hydrogens (tertiary/aromatic N) is 1. The summed E-state index contributed by atoms with van der Waals surface area (Å²) in [5.74, 6) is -0.299. The molecule has 90 valence electrons. The van der Waals surface area contributed by atoms with E-state index < -0.39 is 11.0 Å². The van der Waals surface area contributed by atoms with E-state index >= 15 is 0 Å². The lowest BCUT2D eigenvalue weighted by molar-refractivity contribution is -0.385. The largest absolute Gasteiger partial charge is 0.502 e. The third-order valence-corrected chi connectivity index (χ3v) is 1.50. The van der Waals surface area contributed by atoms with Gasteiger partial charge in [-0.1, -0.05) is 12.1 Å². The molecule has 4 N–H and O–H groups in total. The summed E-state index contributed by atoms with van der Waals surface area (Å²) in [6.07, 6.45) is -0.954. The van der Waals surface area contributed by atoms with Gasteiger partial charge in [0.05, 0.1) is 18.1 Å². The second kappa shape index (κ2) is 7.57. The molecule has 0 saturated heterocycles. The number of para-hydroxylation sites is 2. The van der Waals surface area contributed by atoms with Crippen molar-refractivity contribution in [1.29, 1.82) is 0 Å². The number of nitro benzene ring substituents is 1. The van der Waals surface area contributed by atoms with Crippen molar-refractivity contribution in [2.24, 2.45) is 0 Å². The van der Waals surface area contributed by atoms with Crippen molar-refractivity contribution in [1.82, 2.24) is 0 Å². The zero-order valence-corrected chi connectivity index (χ0v) is 8.35. The summed E-state index contributed by atoms with van der Waals surface area (Å²) in [6, 6.07) is 5.55. The summed E-state index contributed by atoms with van der Waals surface area (Å²) in [5.41, 5.74) is -0.262. The Kier molecular flexibility index (Phi) is 6.77. The molecule has 1 aromatic rings. The highest BCUT2D eigenvalue weighted by atomic mass is 16.6. The number of aliphatic hydroxyl groups is 3. The Morgan fingerprint density at radius 1 is 1.25 bits per heavy atom. The van der Waals surface area contributed by atoms with Gasteiger partial charge in [0.2, 0.25) is 0 Å². The van der Waals surface area contributed by atoms with E-state index in [2.05, 4.69) is 0 Å². The van der Waals surface area contributed by atoms with Gasteiger partial charge in [-0.15, -0.1) is 0 Å². The molecule has 0 aliphatic carbocycles. The minimum absolute atomic E-state index is 0.262. The van der Waals surface area contributed by atoms with Crippen LogP contribution in [-0.2, 0) is 0 Å². The molecule has 0 unspecified atom stereocenters. The molecule has 0 radical (unpaired) electrons. The molecule has 1 rings (SSSR count). The standard InChI is InChI=1S/C6H5NO3.C3H8O3/c8-6-4-2-1-3-5(6)7(9)10;4-1-3(6)2-5/h1-4,8H;3-6H,1-2H2. The molecule has 0 bridgehead atoms. The van der Waals surface area contributed by atoms with Crippen LogP contribution in [0.15, 0.2) is 24.3 Å². The number of benzene rings is 1. The Hall–Kier alpha value is -1.70. The van der Waals surface area contributed by atoms with E-state index in [-0.39, 0.29) is 24.7 Å². The fourth-order valence-corrected chi connectivity index (χ4v) is 0.676. The van der Waals surface area contributed by atoms with E-state index in [1.165, 1.54) is 24.3 Å². The van der Waals surface area contributed by atoms with Crippen molar-refractivity contribution in [2.75, 3.05) is 13.2 Å². The number of rotatable bonds is 3. The van der Waals surface area contributed by atoms with Crippen LogP contribution in [0.4, 0.5) is 5.69 Å². The Bertz CT molecular complexity index is 326. The van der Waals surface area contributed by atoms with Crippen LogP contribution in [0, 0.1) is 10.1 Å². The molecule has 7 heteroatoms. The van der Waals surface area contributed by atoms with Crippen LogP contribution in [0.5, 0.6) is 5.75 Å². The smallest absolute Gasteiger partial charge is 0.310 e. The minimum atomic E-state index is -0.954. The fraction of sp³-hybridized carbons (Fsp3) is 0.333. The molecule has 1 aromatic carbocycles. The van der Waals surface area contributed by atoms with Gasteiger partial charge in [-0.05, 0) is 6.07 Å². The number of hydrogen-bond acceptors (Lipinski definition) is 6. The predicted octanol–water partition coefficient (Wildman–Crippen LogP) is -0.368. The zero-order chi connectivity index (χ0) is 12.6. The first-order valence-corrected chi connectivity index (χ1v) is 4.35. The molecule has 0 aliphatic rings. The van der Waals surface area contributed by atoms with Gasteiger partial charge >= 0.3 is 5.69 Å². The maximum absolute atomic E-state index is 10.1. The molecule has 16 heavy (non-hydrogen) atoms. The number of phenolic OH excluding ortho intramolecular Hbond substituents is 1. The van der Waals surface area contributed by atoms with Crippen molar-refractivity contribution in [2.45, 2.75) is 6.10 Å². The highest BCUT2D eigenvalue weighted by Crippen LogP contribution is 2.23. The molecule has 7 nitrogen and oxygen atoms in total. The van der Waals surface area contributed by atoms with Gasteiger partial charge in [0.1, 0.15) is 6.10 Å². The van der Waals surface area contributed by atoms with Gasteiger partial charge in [0.15, 0.2) is 5.75 Å². The van der Waals surface area contributed by atoms with Crippen molar-refractivity contribution in [3.8, 4) is 5.75 Å². The average Bonchev–Trinajstić information content (AvgIpc) is 2.29. The normalized spacial score (nSPS) is 9.50. The lowest BCUT2D eigenvalue weighted by Crippen LogP contribution is -2.15. The van der Waals surface area contributed by atoms with Crippen LogP contribution in [0.3, 0.4) is 0 Å². The lowest BCUT2D eigenvalue weighted by Gasteiger charge is -1.96. The molecule has 0 saturated carbocycles. The molecule has 0 aliphatic heterocycles. The van der Waals surface area contributed by atoms with Crippen molar-refractivity contribution < 1.29 is 25.3 Å². The van der Waals surface area contributed by atoms with Gasteiger partial charge in [-0.2, -0.15) is 0 Å². The Morgan fingerprint density at radius 3 is 2.00 bits per heavy atom. The summed E-state index contributed by atoms with van der Waals surface area (Å²) in [6.45, 7) is -0.729. The van der Waals surface area contributed by atoms with Crippen molar-refractivity contribution >= 4 is 5.69 Å². The topological polar surface area (TPSA) is 124 Å². The van der Waals surface area contributed by atoms with Crippen LogP contribution in [-0.4, -0.2) is 44.7 Å². The molecule has 0 amide bonds. The molecule has 0 heterocycles. The van der Waals surface area contributed by atoms with Crippen LogP contribution >= 0.6 is 0 Å². The van der Waals surface area contributed by atoms with Crippen LogP contribution in [0.1, 0.15) is 0 Å². The number of aromatic hydroxyl groups is 1. The van der Waals surface area contributed by atoms with E-state index in [4.69, 9.17) is 20.4 Å². The summed E-state index contributed by atoms with van der Waals surface area (Å²) >= 11 is 0. The zero-order valence-electron chi connectivity index (χ0n) is 8.35. The molecular formula is C9H13NO6. The quantitative estimate of drug-likeness (QED) is 0.415. The van der Waals surface area contributed by atoms with E-state index in [1.54, 1.807) is 0 Å². The monoisotopic (exact) mass is 231 g/mol. The maximum atomic E-state index is 10.1. The van der Waals surface area contributed by atoms with Gasteiger partial charge in [-0.25, -0.2) is 0 Å². The van der Waals surface area contributed by atoms with Crippen LogP contribution < -0.4 is 0 Å². The molecular weight excluding hydrogens is 218 g/mol. The Balaban J connectivity index is 0.000000325. The highest BCUT2D eigenvalue weighted by molar-refractivity contribution is 5.44. The van der Waals surface area contributed by atoms with E-state index in [0.29, 0.717) is 0 Å². The SMILES string of the molecule is O=[N+]([O-])c1ccccc1O.OCC(O)CO. The van der Waals surface area contributed by atoms with Gasteiger partial charge in [-0.3, -0.25) is 10.1 Å². The van der Waals surface area contributed by atoms with Gasteiger partial charge in [0, 0.05) is 6.07 Å². The average molecular weight is 231 g/mol. The van der Waals surface area contributed by atoms with Gasteiger partial charge in [0.25, 0.3) is 0 Å². The Morgan fingerprint density at radius 2 is 1.75 bits per heavy atom. The summed E-state index contributed by atoms with van der Waals surface area (Å²) in [4.78, 5) is 9.44. The van der Waals surface area contributed by atoms with Gasteiger partial charge < -0.3 is 20.4 Å². The lowest BCUT2D eigenvalue weighted by atomic mass is 10.3. The first-order chi connectivity index (χ1) is 7.52. The fourth-order valence-electron chi connectivity index (χ4n) is 0.676. The number of hydrogen-bond donors (Lipinski definition) is 4. The third-order valence-electron chi connectivity index (χ3n) is 1.50. The number of phenols is 1. The van der Waals surface area contributed by atoms with E-state index in [9.17, 15) is 10.1 Å². The van der Waals surface area contributed by atoms with E-state index in [0.717, 1.165) is 0 Å². The third kappa shape index (κ3) is 5.25. The summed E-state index contributed by atoms with van der Waals surface area (Å²) < 4.78 is 0. The maximum Gasteiger partial charge on any atom is 0.310 e. The predicted molar refractivity (Wildman–Crippen MR) is 54.9 cm³/mol. The van der Waals surface area contributed by atoms with Crippen LogP contribution in [0.2, 0.25) is 0 Å². The molecule has 0 fully saturated rings. The molecule has 0 aromatic heterocycles. The first kappa shape index (κ1) is 14.3. The van der Waals surface area contributed by atoms with Crippen molar-refractivity contribution in [3.05, 3.63) is 34.4 Å². The second-order valence-corrected chi connectivity index (χ2v) is 2.76. The molecule has 0 atom stereocenters. The molecule has 0 spiro atoms.